The topological polar surface area (TPSA) is 119 Å². The second kappa shape index (κ2) is 7.66. The van der Waals surface area contributed by atoms with E-state index < -0.39 is 0 Å². The molecule has 0 aromatic carbocycles. The molecule has 0 fully saturated rings. The summed E-state index contributed by atoms with van der Waals surface area (Å²) in [6, 6.07) is 0. The van der Waals surface area contributed by atoms with Gasteiger partial charge in [0.1, 0.15) is 0 Å². The number of oxime groups is 1. The molecular weight excluding hydrogens is 185 g/mol. The third kappa shape index (κ3) is 5.65. The van der Waals surface area contributed by atoms with Crippen LogP contribution in [0, 0.1) is 0 Å². The molecule has 0 bridgehead atoms. The molecule has 0 amide bonds. The first-order chi connectivity index (χ1) is 6.74. The van der Waals surface area contributed by atoms with Crippen LogP contribution in [0.1, 0.15) is 6.42 Å². The van der Waals surface area contributed by atoms with E-state index in [9.17, 15) is 0 Å². The van der Waals surface area contributed by atoms with Gasteiger partial charge in [-0.1, -0.05) is 0 Å². The summed E-state index contributed by atoms with van der Waals surface area (Å²) in [6.07, 6.45) is 0.108. The Hall–Kier alpha value is -1.98. The average Bonchev–Trinajstić information content (AvgIpc) is 2.15. The second-order valence-electron chi connectivity index (χ2n) is 2.09. The van der Waals surface area contributed by atoms with E-state index >= 15 is 0 Å². The van der Waals surface area contributed by atoms with Crippen molar-refractivity contribution in [1.29, 1.82) is 0 Å². The Balaban J connectivity index is 4.37. The molecule has 0 atom stereocenters. The van der Waals surface area contributed by atoms with Crippen molar-refractivity contribution in [3.63, 3.8) is 0 Å². The van der Waals surface area contributed by atoms with Gasteiger partial charge in [-0.15, -0.1) is 0 Å². The van der Waals surface area contributed by atoms with E-state index in [0.29, 0.717) is 5.71 Å². The van der Waals surface area contributed by atoms with E-state index in [4.69, 9.17) is 18.6 Å². The summed E-state index contributed by atoms with van der Waals surface area (Å²) in [7, 11) is 6.66. The molecule has 0 spiro atoms. The van der Waals surface area contributed by atoms with Gasteiger partial charge in [0.15, 0.2) is 0 Å². The number of hydrogen-bond acceptors (Lipinski definition) is 4. The van der Waals surface area contributed by atoms with Gasteiger partial charge in [0.25, 0.3) is 0 Å². The molecule has 0 aliphatic rings. The van der Waals surface area contributed by atoms with E-state index in [-0.39, 0.29) is 18.6 Å². The van der Waals surface area contributed by atoms with Crippen molar-refractivity contribution in [2.75, 3.05) is 13.7 Å². The first-order valence-electron chi connectivity index (χ1n) is 3.50. The molecule has 0 aliphatic carbocycles. The van der Waals surface area contributed by atoms with Crippen LogP contribution in [0.15, 0.2) is 15.4 Å². The number of rotatable bonds is 6. The van der Waals surface area contributed by atoms with Gasteiger partial charge >= 0.3 is 80.0 Å². The van der Waals surface area contributed by atoms with Crippen molar-refractivity contribution < 1.29 is 4.84 Å². The predicted octanol–water partition coefficient (Wildman–Crippen LogP) is 1.30. The minimum absolute atomic E-state index is 0.0198. The molecule has 8 nitrogen and oxygen atoms in total. The van der Waals surface area contributed by atoms with Crippen molar-refractivity contribution in [1.82, 2.24) is 0 Å². The molecule has 14 heavy (non-hydrogen) atoms. The summed E-state index contributed by atoms with van der Waals surface area (Å²) >= 11 is 0. The van der Waals surface area contributed by atoms with Crippen LogP contribution in [-0.4, -0.2) is 32.4 Å². The fourth-order valence-corrected chi connectivity index (χ4v) is 0.661. The van der Waals surface area contributed by atoms with Gasteiger partial charge in [0.05, 0.1) is 0 Å². The van der Waals surface area contributed by atoms with Gasteiger partial charge in [-0.3, -0.25) is 0 Å². The second-order valence-corrected chi connectivity index (χ2v) is 2.09. The molecular formula is C5H7BN7O. The van der Waals surface area contributed by atoms with Crippen molar-refractivity contribution in [2.45, 2.75) is 6.42 Å². The molecule has 0 rings (SSSR count). The van der Waals surface area contributed by atoms with Crippen LogP contribution >= 0.6 is 0 Å². The normalized spacial score (nSPS) is 9.57. The summed E-state index contributed by atoms with van der Waals surface area (Å²) in [4.78, 5) is 9.52. The van der Waals surface area contributed by atoms with Crippen LogP contribution in [0.4, 0.5) is 0 Å². The fraction of sp³-hybridized carbons (Fsp3) is 0.600. The molecule has 71 valence electrons. The van der Waals surface area contributed by atoms with Crippen molar-refractivity contribution in [3.8, 4) is 0 Å². The third-order valence-electron chi connectivity index (χ3n) is 1.10. The molecule has 0 aromatic rings. The van der Waals surface area contributed by atoms with Crippen molar-refractivity contribution in [3.05, 3.63) is 20.9 Å². The van der Waals surface area contributed by atoms with Crippen LogP contribution in [0.2, 0.25) is 0 Å². The third-order valence-corrected chi connectivity index (χ3v) is 1.10. The first-order valence-corrected chi connectivity index (χ1v) is 3.50. The van der Waals surface area contributed by atoms with Crippen LogP contribution in [0.3, 0.4) is 0 Å². The molecule has 9 heteroatoms. The zero-order valence-electron chi connectivity index (χ0n) is 7.53. The van der Waals surface area contributed by atoms with E-state index in [2.05, 4.69) is 30.0 Å². The molecule has 0 aliphatic heterocycles. The Morgan fingerprint density at radius 3 is 2.64 bits per heavy atom. The van der Waals surface area contributed by atoms with Crippen LogP contribution in [0.25, 0.3) is 20.9 Å². The molecule has 1 radical (unpaired) electrons. The molecule has 0 saturated heterocycles. The number of azide groups is 2. The predicted molar refractivity (Wildman–Crippen MR) is 53.0 cm³/mol. The van der Waals surface area contributed by atoms with Gasteiger partial charge in [-0.2, -0.15) is 0 Å². The Morgan fingerprint density at radius 1 is 1.43 bits per heavy atom. The van der Waals surface area contributed by atoms with E-state index in [1.165, 1.54) is 7.11 Å². The van der Waals surface area contributed by atoms with Crippen LogP contribution < -0.4 is 0 Å². The molecule has 0 N–H and O–H groups in total. The first kappa shape index (κ1) is 12.0. The van der Waals surface area contributed by atoms with Gasteiger partial charge in [-0.05, 0) is 0 Å². The zero-order chi connectivity index (χ0) is 10.8. The van der Waals surface area contributed by atoms with E-state index in [1.807, 2.05) is 0 Å². The molecule has 0 aromatic heterocycles. The van der Waals surface area contributed by atoms with Crippen molar-refractivity contribution >= 4 is 18.8 Å². The van der Waals surface area contributed by atoms with Crippen LogP contribution in [-0.2, 0) is 4.84 Å². The maximum absolute atomic E-state index is 8.06. The maximum atomic E-state index is 8.06. The summed E-state index contributed by atoms with van der Waals surface area (Å²) < 4.78 is 0. The summed E-state index contributed by atoms with van der Waals surface area (Å²) in [6.45, 7) is 0.0198. The standard InChI is InChI=1S/C5H7BN7O/c1-14-11-4(3-9-12-7)2-5(6)10-13-8/h2-3H2,1H3. The van der Waals surface area contributed by atoms with Crippen LogP contribution in [0.5, 0.6) is 0 Å². The number of nitrogens with zero attached hydrogens (tertiary/aromatic N) is 7. The monoisotopic (exact) mass is 192 g/mol. The summed E-state index contributed by atoms with van der Waals surface area (Å²) in [5, 5.41) is 9.98. The Bertz CT molecular complexity index is 325. The van der Waals surface area contributed by atoms with E-state index in [0.717, 1.165) is 0 Å². The summed E-state index contributed by atoms with van der Waals surface area (Å²) in [5.74, 6) is 0. The molecule has 0 saturated carbocycles. The van der Waals surface area contributed by atoms with Gasteiger partial charge < -0.3 is 0 Å². The van der Waals surface area contributed by atoms with E-state index in [1.54, 1.807) is 0 Å². The Morgan fingerprint density at radius 2 is 2.14 bits per heavy atom. The number of hydrogen-bond donors (Lipinski definition) is 0. The SMILES string of the molecule is [B]=C(CC(CN=[N+]=[N-])=NOC)N=[N+]=[N-]. The summed E-state index contributed by atoms with van der Waals surface area (Å²) in [5.41, 5.74) is 16.5. The van der Waals surface area contributed by atoms with Gasteiger partial charge in [0.2, 0.25) is 0 Å². The van der Waals surface area contributed by atoms with Gasteiger partial charge in [0, 0.05) is 0 Å². The molecule has 0 unspecified atom stereocenters. The zero-order valence-corrected chi connectivity index (χ0v) is 7.53. The quantitative estimate of drug-likeness (QED) is 0.154. The Kier molecular flexibility index (Phi) is 6.58. The van der Waals surface area contributed by atoms with Gasteiger partial charge in [-0.25, -0.2) is 0 Å². The van der Waals surface area contributed by atoms with Crippen molar-refractivity contribution in [2.24, 2.45) is 15.4 Å². The Labute approximate surface area is 80.9 Å². The fourth-order valence-electron chi connectivity index (χ4n) is 0.661. The average molecular weight is 192 g/mol. The molecule has 0 heterocycles. The minimum atomic E-state index is 0.0198.